The third-order valence-corrected chi connectivity index (χ3v) is 2.96. The molecule has 3 N–H and O–H groups in total. The van der Waals surface area contributed by atoms with E-state index in [1.807, 2.05) is 25.1 Å². The monoisotopic (exact) mass is 248 g/mol. The average Bonchev–Trinajstić information content (AvgIpc) is 2.75. The van der Waals surface area contributed by atoms with E-state index in [9.17, 15) is 0 Å². The van der Waals surface area contributed by atoms with E-state index in [4.69, 9.17) is 5.73 Å². The first-order valence-electron chi connectivity index (χ1n) is 5.60. The van der Waals surface area contributed by atoms with Gasteiger partial charge in [0.05, 0.1) is 0 Å². The van der Waals surface area contributed by atoms with Crippen molar-refractivity contribution in [3.05, 3.63) is 41.7 Å². The number of nitrogens with two attached hydrogens (primary N) is 1. The van der Waals surface area contributed by atoms with Crippen molar-refractivity contribution >= 4 is 16.7 Å². The lowest BCUT2D eigenvalue weighted by Crippen LogP contribution is -2.25. The van der Waals surface area contributed by atoms with Gasteiger partial charge in [-0.1, -0.05) is 30.3 Å². The number of aromatic nitrogens is 2. The van der Waals surface area contributed by atoms with Crippen LogP contribution in [0.4, 0.5) is 5.13 Å². The standard InChI is InChI=1S/C12H16N4S/c1-9(13)8-14-12-15-11(16-17-12)7-10-5-3-2-4-6-10/h2-6,9H,7-8,13H2,1H3,(H,14,15,16). The van der Waals surface area contributed by atoms with Gasteiger partial charge in [-0.15, -0.1) is 0 Å². The SMILES string of the molecule is CC(N)CNc1nc(Cc2ccccc2)ns1. The molecule has 1 heterocycles. The van der Waals surface area contributed by atoms with Crippen LogP contribution in [-0.4, -0.2) is 21.9 Å². The first kappa shape index (κ1) is 12.0. The van der Waals surface area contributed by atoms with Gasteiger partial charge in [0.25, 0.3) is 0 Å². The summed E-state index contributed by atoms with van der Waals surface area (Å²) in [6.07, 6.45) is 0.775. The van der Waals surface area contributed by atoms with E-state index >= 15 is 0 Å². The summed E-state index contributed by atoms with van der Waals surface area (Å²) in [4.78, 5) is 4.42. The maximum absolute atomic E-state index is 5.66. The van der Waals surface area contributed by atoms with E-state index in [2.05, 4.69) is 26.8 Å². The van der Waals surface area contributed by atoms with Gasteiger partial charge in [-0.2, -0.15) is 4.37 Å². The van der Waals surface area contributed by atoms with Crippen molar-refractivity contribution in [3.63, 3.8) is 0 Å². The lowest BCUT2D eigenvalue weighted by atomic mass is 10.1. The molecular formula is C12H16N4S. The van der Waals surface area contributed by atoms with Crippen LogP contribution < -0.4 is 11.1 Å². The minimum Gasteiger partial charge on any atom is -0.359 e. The van der Waals surface area contributed by atoms with Gasteiger partial charge in [-0.25, -0.2) is 4.98 Å². The van der Waals surface area contributed by atoms with Crippen molar-refractivity contribution in [2.24, 2.45) is 5.73 Å². The molecule has 0 aliphatic carbocycles. The van der Waals surface area contributed by atoms with Crippen molar-refractivity contribution in [2.75, 3.05) is 11.9 Å². The maximum atomic E-state index is 5.66. The molecule has 2 rings (SSSR count). The molecular weight excluding hydrogens is 232 g/mol. The summed E-state index contributed by atoms with van der Waals surface area (Å²) in [5, 5.41) is 4.01. The lowest BCUT2D eigenvalue weighted by molar-refractivity contribution is 0.779. The summed E-state index contributed by atoms with van der Waals surface area (Å²) in [6.45, 7) is 2.68. The molecule has 1 atom stereocenters. The Bertz CT molecular complexity index is 453. The molecule has 0 bridgehead atoms. The third kappa shape index (κ3) is 3.80. The summed E-state index contributed by atoms with van der Waals surface area (Å²) < 4.78 is 4.32. The second kappa shape index (κ2) is 5.75. The molecule has 0 spiro atoms. The van der Waals surface area contributed by atoms with Crippen LogP contribution in [0.15, 0.2) is 30.3 Å². The van der Waals surface area contributed by atoms with Crippen molar-refractivity contribution in [3.8, 4) is 0 Å². The van der Waals surface area contributed by atoms with E-state index in [1.54, 1.807) is 0 Å². The summed E-state index contributed by atoms with van der Waals surface area (Å²) in [5.41, 5.74) is 6.89. The van der Waals surface area contributed by atoms with E-state index in [1.165, 1.54) is 17.1 Å². The van der Waals surface area contributed by atoms with Gasteiger partial charge in [0, 0.05) is 30.5 Å². The topological polar surface area (TPSA) is 63.8 Å². The number of nitrogens with one attached hydrogen (secondary N) is 1. The number of anilines is 1. The summed E-state index contributed by atoms with van der Waals surface area (Å²) in [5.74, 6) is 0.855. The van der Waals surface area contributed by atoms with Crippen LogP contribution in [0, 0.1) is 0 Å². The molecule has 5 heteroatoms. The molecule has 1 aromatic heterocycles. The van der Waals surface area contributed by atoms with E-state index in [0.717, 1.165) is 23.9 Å². The molecule has 0 fully saturated rings. The van der Waals surface area contributed by atoms with Gasteiger partial charge >= 0.3 is 0 Å². The third-order valence-electron chi connectivity index (χ3n) is 2.25. The van der Waals surface area contributed by atoms with Gasteiger partial charge in [-0.05, 0) is 12.5 Å². The maximum Gasteiger partial charge on any atom is 0.202 e. The van der Waals surface area contributed by atoms with Crippen LogP contribution in [0.1, 0.15) is 18.3 Å². The van der Waals surface area contributed by atoms with Crippen LogP contribution in [0.25, 0.3) is 0 Å². The number of benzene rings is 1. The first-order chi connectivity index (χ1) is 8.24. The number of hydrogen-bond acceptors (Lipinski definition) is 5. The summed E-state index contributed by atoms with van der Waals surface area (Å²) in [6, 6.07) is 10.3. The van der Waals surface area contributed by atoms with Crippen LogP contribution in [0.2, 0.25) is 0 Å². The van der Waals surface area contributed by atoms with Crippen molar-refractivity contribution in [1.29, 1.82) is 0 Å². The smallest absolute Gasteiger partial charge is 0.202 e. The Balaban J connectivity index is 1.94. The number of hydrogen-bond donors (Lipinski definition) is 2. The number of rotatable bonds is 5. The molecule has 17 heavy (non-hydrogen) atoms. The summed E-state index contributed by atoms with van der Waals surface area (Å²) >= 11 is 1.38. The van der Waals surface area contributed by atoms with Crippen LogP contribution in [0.3, 0.4) is 0 Å². The lowest BCUT2D eigenvalue weighted by Gasteiger charge is -2.04. The highest BCUT2D eigenvalue weighted by molar-refractivity contribution is 7.09. The molecule has 0 radical (unpaired) electrons. The van der Waals surface area contributed by atoms with Crippen molar-refractivity contribution < 1.29 is 0 Å². The Morgan fingerprint density at radius 2 is 2.12 bits per heavy atom. The average molecular weight is 248 g/mol. The molecule has 0 amide bonds. The van der Waals surface area contributed by atoms with E-state index in [-0.39, 0.29) is 6.04 Å². The van der Waals surface area contributed by atoms with Crippen molar-refractivity contribution in [2.45, 2.75) is 19.4 Å². The predicted molar refractivity (Wildman–Crippen MR) is 71.3 cm³/mol. The fraction of sp³-hybridized carbons (Fsp3) is 0.333. The number of nitrogens with zero attached hydrogens (tertiary/aromatic N) is 2. The van der Waals surface area contributed by atoms with E-state index in [0.29, 0.717) is 0 Å². The Morgan fingerprint density at radius 1 is 1.35 bits per heavy atom. The van der Waals surface area contributed by atoms with Gasteiger partial charge in [0.15, 0.2) is 0 Å². The molecule has 0 saturated carbocycles. The van der Waals surface area contributed by atoms with Gasteiger partial charge < -0.3 is 11.1 Å². The molecule has 90 valence electrons. The fourth-order valence-electron chi connectivity index (χ4n) is 1.42. The second-order valence-corrected chi connectivity index (χ2v) is 4.79. The Kier molecular flexibility index (Phi) is 4.06. The first-order valence-corrected chi connectivity index (χ1v) is 6.37. The quantitative estimate of drug-likeness (QED) is 0.848. The van der Waals surface area contributed by atoms with Crippen LogP contribution in [0.5, 0.6) is 0 Å². The minimum atomic E-state index is 0.122. The molecule has 0 aliphatic rings. The molecule has 0 aliphatic heterocycles. The highest BCUT2D eigenvalue weighted by atomic mass is 32.1. The highest BCUT2D eigenvalue weighted by Gasteiger charge is 2.05. The Hall–Kier alpha value is -1.46. The minimum absolute atomic E-state index is 0.122. The zero-order chi connectivity index (χ0) is 12.1. The van der Waals surface area contributed by atoms with Gasteiger partial charge in [0.2, 0.25) is 5.13 Å². The van der Waals surface area contributed by atoms with Gasteiger partial charge in [0.1, 0.15) is 5.82 Å². The van der Waals surface area contributed by atoms with Crippen molar-refractivity contribution in [1.82, 2.24) is 9.36 Å². The highest BCUT2D eigenvalue weighted by Crippen LogP contribution is 2.13. The predicted octanol–water partition coefficient (Wildman–Crippen LogP) is 1.89. The normalized spacial score (nSPS) is 12.4. The van der Waals surface area contributed by atoms with Crippen LogP contribution >= 0.6 is 11.5 Å². The zero-order valence-corrected chi connectivity index (χ0v) is 10.6. The van der Waals surface area contributed by atoms with E-state index < -0.39 is 0 Å². The Morgan fingerprint density at radius 3 is 2.82 bits per heavy atom. The zero-order valence-electron chi connectivity index (χ0n) is 9.76. The molecule has 1 unspecified atom stereocenters. The molecule has 0 saturated heterocycles. The van der Waals surface area contributed by atoms with Gasteiger partial charge in [-0.3, -0.25) is 0 Å². The second-order valence-electron chi connectivity index (χ2n) is 4.04. The largest absolute Gasteiger partial charge is 0.359 e. The molecule has 1 aromatic carbocycles. The van der Waals surface area contributed by atoms with Crippen LogP contribution in [-0.2, 0) is 6.42 Å². The fourth-order valence-corrected chi connectivity index (χ4v) is 2.02. The molecule has 2 aromatic rings. The Labute approximate surface area is 105 Å². The summed E-state index contributed by atoms with van der Waals surface area (Å²) in [7, 11) is 0. The molecule has 4 nitrogen and oxygen atoms in total.